The van der Waals surface area contributed by atoms with E-state index in [1.54, 1.807) is 0 Å². The number of carbonyl (C=O) groups excluding carboxylic acids is 1. The van der Waals surface area contributed by atoms with E-state index in [2.05, 4.69) is 10.6 Å². The summed E-state index contributed by atoms with van der Waals surface area (Å²) in [6, 6.07) is 9.25. The summed E-state index contributed by atoms with van der Waals surface area (Å²) in [5.74, 6) is 4.24. The zero-order valence-electron chi connectivity index (χ0n) is 10.3. The molecule has 3 nitrogen and oxygen atoms in total. The molecule has 0 aliphatic carbocycles. The Morgan fingerprint density at radius 1 is 1.41 bits per heavy atom. The van der Waals surface area contributed by atoms with Gasteiger partial charge in [0, 0.05) is 4.90 Å². The number of nitrogens with two attached hydrogens (primary N) is 1. The van der Waals surface area contributed by atoms with E-state index in [4.69, 9.17) is 5.73 Å². The van der Waals surface area contributed by atoms with Crippen LogP contribution in [0.5, 0.6) is 0 Å². The summed E-state index contributed by atoms with van der Waals surface area (Å²) in [7, 11) is -0.528. The van der Waals surface area contributed by atoms with Crippen LogP contribution in [0.25, 0.3) is 0 Å². The van der Waals surface area contributed by atoms with Gasteiger partial charge in [0.15, 0.2) is 0 Å². The van der Waals surface area contributed by atoms with Gasteiger partial charge in [-0.3, -0.25) is 4.79 Å². The number of benzene rings is 1. The molecular formula is C13H20N2OS. The van der Waals surface area contributed by atoms with E-state index in [9.17, 15) is 4.79 Å². The highest BCUT2D eigenvalue weighted by Gasteiger charge is 2.15. The fourth-order valence-corrected chi connectivity index (χ4v) is 2.45. The standard InChI is InChI=1S/C13H20N2OS/c1-10(2)9-12(14)13(16)15-17(3)11-7-5-4-6-8-11/h4-8,10,12H,3,9,14H2,1-2H3,(H,15,16). The van der Waals surface area contributed by atoms with Gasteiger partial charge in [-0.1, -0.05) is 48.6 Å². The van der Waals surface area contributed by atoms with Crippen LogP contribution in [0, 0.1) is 5.92 Å². The third kappa shape index (κ3) is 4.71. The zero-order valence-corrected chi connectivity index (χ0v) is 11.2. The molecule has 94 valence electrons. The van der Waals surface area contributed by atoms with Crippen LogP contribution in [0.2, 0.25) is 0 Å². The molecule has 0 bridgehead atoms. The lowest BCUT2D eigenvalue weighted by Gasteiger charge is -2.16. The molecule has 1 aromatic rings. The third-order valence-corrected chi connectivity index (χ3v) is 3.60. The molecule has 0 aliphatic heterocycles. The quantitative estimate of drug-likeness (QED) is 0.789. The van der Waals surface area contributed by atoms with Gasteiger partial charge < -0.3 is 10.5 Å². The Bertz CT molecular complexity index is 390. The smallest absolute Gasteiger partial charge is 0.246 e. The Balaban J connectivity index is 2.55. The Hall–Kier alpha value is -1.13. The molecule has 0 saturated heterocycles. The highest BCUT2D eigenvalue weighted by Crippen LogP contribution is 2.19. The van der Waals surface area contributed by atoms with E-state index in [0.717, 1.165) is 4.90 Å². The van der Waals surface area contributed by atoms with E-state index in [0.29, 0.717) is 12.3 Å². The van der Waals surface area contributed by atoms with Crippen molar-refractivity contribution in [3.63, 3.8) is 0 Å². The lowest BCUT2D eigenvalue weighted by molar-refractivity contribution is -0.120. The molecular weight excluding hydrogens is 232 g/mol. The van der Waals surface area contributed by atoms with Gasteiger partial charge in [0.05, 0.1) is 6.04 Å². The van der Waals surface area contributed by atoms with Gasteiger partial charge in [-0.15, -0.1) is 0 Å². The van der Waals surface area contributed by atoms with Crippen LogP contribution in [-0.2, 0) is 4.79 Å². The first-order chi connectivity index (χ1) is 8.00. The Kier molecular flexibility index (Phi) is 5.38. The lowest BCUT2D eigenvalue weighted by Crippen LogP contribution is -2.39. The van der Waals surface area contributed by atoms with Crippen molar-refractivity contribution in [2.75, 3.05) is 0 Å². The van der Waals surface area contributed by atoms with Crippen molar-refractivity contribution in [3.05, 3.63) is 30.3 Å². The normalized spacial score (nSPS) is 14.4. The maximum absolute atomic E-state index is 11.8. The minimum Gasteiger partial charge on any atom is -0.320 e. The molecule has 3 N–H and O–H groups in total. The van der Waals surface area contributed by atoms with Gasteiger partial charge in [-0.05, 0) is 24.5 Å². The second-order valence-corrected chi connectivity index (χ2v) is 5.86. The monoisotopic (exact) mass is 252 g/mol. The minimum absolute atomic E-state index is 0.124. The second kappa shape index (κ2) is 6.57. The first kappa shape index (κ1) is 13.9. The number of carbonyl (C=O) groups is 1. The SMILES string of the molecule is C=S(NC(=O)C(N)CC(C)C)c1ccccc1. The molecule has 1 rings (SSSR count). The number of rotatable bonds is 5. The predicted molar refractivity (Wildman–Crippen MR) is 75.0 cm³/mol. The van der Waals surface area contributed by atoms with Crippen LogP contribution in [0.3, 0.4) is 0 Å². The Labute approximate surface area is 105 Å². The molecule has 0 spiro atoms. The van der Waals surface area contributed by atoms with Gasteiger partial charge in [0.25, 0.3) is 0 Å². The second-order valence-electron chi connectivity index (χ2n) is 4.41. The fraction of sp³-hybridized carbons (Fsp3) is 0.385. The van der Waals surface area contributed by atoms with Crippen molar-refractivity contribution in [3.8, 4) is 0 Å². The fourth-order valence-electron chi connectivity index (χ4n) is 1.46. The minimum atomic E-state index is -0.528. The average molecular weight is 252 g/mol. The molecule has 0 aromatic heterocycles. The maximum atomic E-state index is 11.8. The topological polar surface area (TPSA) is 55.1 Å². The van der Waals surface area contributed by atoms with Gasteiger partial charge in [0.1, 0.15) is 0 Å². The van der Waals surface area contributed by atoms with Crippen molar-refractivity contribution in [1.82, 2.24) is 4.72 Å². The summed E-state index contributed by atoms with van der Waals surface area (Å²) in [5, 5.41) is 0. The molecule has 0 fully saturated rings. The van der Waals surface area contributed by atoms with Crippen molar-refractivity contribution in [2.24, 2.45) is 11.7 Å². The van der Waals surface area contributed by atoms with Gasteiger partial charge in [-0.2, -0.15) is 0 Å². The summed E-state index contributed by atoms with van der Waals surface area (Å²) in [6.45, 7) is 4.10. The molecule has 0 aliphatic rings. The van der Waals surface area contributed by atoms with Crippen LogP contribution < -0.4 is 10.5 Å². The van der Waals surface area contributed by atoms with Crippen molar-refractivity contribution in [1.29, 1.82) is 0 Å². The molecule has 0 radical (unpaired) electrons. The number of hydrogen-bond acceptors (Lipinski definition) is 2. The maximum Gasteiger partial charge on any atom is 0.246 e. The van der Waals surface area contributed by atoms with Crippen LogP contribution in [0.4, 0.5) is 0 Å². The number of nitrogens with one attached hydrogen (secondary N) is 1. The van der Waals surface area contributed by atoms with Crippen molar-refractivity contribution >= 4 is 22.4 Å². The molecule has 0 saturated carbocycles. The molecule has 2 atom stereocenters. The largest absolute Gasteiger partial charge is 0.320 e. The number of amides is 1. The highest BCUT2D eigenvalue weighted by atomic mass is 32.2. The highest BCUT2D eigenvalue weighted by molar-refractivity contribution is 8.12. The van der Waals surface area contributed by atoms with Crippen molar-refractivity contribution < 1.29 is 4.79 Å². The average Bonchev–Trinajstić information content (AvgIpc) is 2.29. The first-order valence-corrected chi connectivity index (χ1v) is 7.05. The summed E-state index contributed by atoms with van der Waals surface area (Å²) in [4.78, 5) is 12.8. The van der Waals surface area contributed by atoms with E-state index >= 15 is 0 Å². The van der Waals surface area contributed by atoms with Crippen LogP contribution >= 0.6 is 10.7 Å². The molecule has 17 heavy (non-hydrogen) atoms. The third-order valence-electron chi connectivity index (χ3n) is 2.31. The van der Waals surface area contributed by atoms with E-state index in [1.807, 2.05) is 44.2 Å². The molecule has 1 aromatic carbocycles. The lowest BCUT2D eigenvalue weighted by atomic mass is 10.0. The summed E-state index contributed by atoms with van der Waals surface area (Å²) in [5.41, 5.74) is 5.81. The molecule has 1 amide bonds. The van der Waals surface area contributed by atoms with Gasteiger partial charge in [0.2, 0.25) is 5.91 Å². The molecule has 4 heteroatoms. The summed E-state index contributed by atoms with van der Waals surface area (Å²) < 4.78 is 2.85. The van der Waals surface area contributed by atoms with E-state index < -0.39 is 16.7 Å². The van der Waals surface area contributed by atoms with Crippen LogP contribution in [-0.4, -0.2) is 17.8 Å². The Morgan fingerprint density at radius 3 is 2.53 bits per heavy atom. The zero-order chi connectivity index (χ0) is 12.8. The Morgan fingerprint density at radius 2 is 2.00 bits per heavy atom. The van der Waals surface area contributed by atoms with Gasteiger partial charge in [-0.25, -0.2) is 0 Å². The van der Waals surface area contributed by atoms with Crippen LogP contribution in [0.1, 0.15) is 20.3 Å². The van der Waals surface area contributed by atoms with E-state index in [-0.39, 0.29) is 5.91 Å². The van der Waals surface area contributed by atoms with E-state index in [1.165, 1.54) is 0 Å². The predicted octanol–water partition coefficient (Wildman–Crippen LogP) is 2.15. The molecule has 2 unspecified atom stereocenters. The number of hydrogen-bond donors (Lipinski definition) is 2. The first-order valence-electron chi connectivity index (χ1n) is 5.65. The van der Waals surface area contributed by atoms with Crippen molar-refractivity contribution in [2.45, 2.75) is 31.2 Å². The van der Waals surface area contributed by atoms with Gasteiger partial charge >= 0.3 is 0 Å². The summed E-state index contributed by atoms with van der Waals surface area (Å²) in [6.07, 6.45) is 0.692. The molecule has 0 heterocycles. The summed E-state index contributed by atoms with van der Waals surface area (Å²) >= 11 is 0. The van der Waals surface area contributed by atoms with Crippen LogP contribution in [0.15, 0.2) is 35.2 Å².